The van der Waals surface area contributed by atoms with Gasteiger partial charge in [0.25, 0.3) is 0 Å². The Morgan fingerprint density at radius 1 is 1.05 bits per heavy atom. The van der Waals surface area contributed by atoms with Crippen molar-refractivity contribution in [3.05, 3.63) is 59.7 Å². The summed E-state index contributed by atoms with van der Waals surface area (Å²) >= 11 is 0. The van der Waals surface area contributed by atoms with Gasteiger partial charge in [0, 0.05) is 24.8 Å². The molecule has 0 spiro atoms. The molecule has 2 aromatic carbocycles. The van der Waals surface area contributed by atoms with Gasteiger partial charge in [-0.05, 0) is 35.9 Å². The fourth-order valence-corrected chi connectivity index (χ4v) is 1.99. The average molecular weight is 298 g/mol. The number of anilines is 2. The third kappa shape index (κ3) is 4.34. The number of carbonyl (C=O) groups excluding carboxylic acids is 2. The molecule has 0 heterocycles. The maximum atomic E-state index is 11.4. The van der Waals surface area contributed by atoms with Gasteiger partial charge < -0.3 is 15.4 Å². The van der Waals surface area contributed by atoms with Crippen LogP contribution < -0.4 is 10.6 Å². The van der Waals surface area contributed by atoms with E-state index in [1.165, 1.54) is 14.0 Å². The number of esters is 1. The predicted octanol–water partition coefficient (Wildman–Crippen LogP) is 3.04. The first-order chi connectivity index (χ1) is 10.6. The second kappa shape index (κ2) is 7.26. The second-order valence-corrected chi connectivity index (χ2v) is 4.80. The Kier molecular flexibility index (Phi) is 5.14. The van der Waals surface area contributed by atoms with Crippen molar-refractivity contribution in [3.63, 3.8) is 0 Å². The highest BCUT2D eigenvalue weighted by molar-refractivity contribution is 5.89. The topological polar surface area (TPSA) is 67.4 Å². The highest BCUT2D eigenvalue weighted by atomic mass is 16.5. The Morgan fingerprint density at radius 2 is 1.73 bits per heavy atom. The van der Waals surface area contributed by atoms with Crippen molar-refractivity contribution in [2.45, 2.75) is 13.5 Å². The molecular formula is C17H18N2O3. The van der Waals surface area contributed by atoms with E-state index in [9.17, 15) is 9.59 Å². The molecule has 0 aliphatic carbocycles. The van der Waals surface area contributed by atoms with Crippen LogP contribution in [0.5, 0.6) is 0 Å². The van der Waals surface area contributed by atoms with Gasteiger partial charge in [0.2, 0.25) is 5.91 Å². The van der Waals surface area contributed by atoms with Gasteiger partial charge in [0.05, 0.1) is 12.7 Å². The highest BCUT2D eigenvalue weighted by Gasteiger charge is 2.04. The van der Waals surface area contributed by atoms with Gasteiger partial charge in [0.1, 0.15) is 0 Å². The molecule has 0 unspecified atom stereocenters. The van der Waals surface area contributed by atoms with E-state index in [2.05, 4.69) is 15.4 Å². The summed E-state index contributed by atoms with van der Waals surface area (Å²) in [5.41, 5.74) is 3.22. The molecule has 0 radical (unpaired) electrons. The number of rotatable bonds is 5. The SMILES string of the molecule is COC(=O)c1ccc(CNc2cccc(NC(C)=O)c2)cc1. The maximum absolute atomic E-state index is 11.4. The van der Waals surface area contributed by atoms with E-state index in [1.54, 1.807) is 12.1 Å². The Bertz CT molecular complexity index is 666. The molecule has 0 saturated heterocycles. The minimum absolute atomic E-state index is 0.101. The molecule has 0 saturated carbocycles. The van der Waals surface area contributed by atoms with Gasteiger partial charge in [0.15, 0.2) is 0 Å². The van der Waals surface area contributed by atoms with Crippen LogP contribution in [0.1, 0.15) is 22.8 Å². The van der Waals surface area contributed by atoms with Crippen LogP contribution in [0, 0.1) is 0 Å². The van der Waals surface area contributed by atoms with Crippen LogP contribution in [0.2, 0.25) is 0 Å². The standard InChI is InChI=1S/C17H18N2O3/c1-12(20)19-16-5-3-4-15(10-16)18-11-13-6-8-14(9-7-13)17(21)22-2/h3-10,18H,11H2,1-2H3,(H,19,20). The highest BCUT2D eigenvalue weighted by Crippen LogP contribution is 2.16. The van der Waals surface area contributed by atoms with Crippen molar-refractivity contribution in [2.24, 2.45) is 0 Å². The molecule has 0 bridgehead atoms. The van der Waals surface area contributed by atoms with Crippen LogP contribution >= 0.6 is 0 Å². The lowest BCUT2D eigenvalue weighted by Gasteiger charge is -2.09. The number of carbonyl (C=O) groups is 2. The summed E-state index contributed by atoms with van der Waals surface area (Å²) in [5.74, 6) is -0.446. The number of amides is 1. The van der Waals surface area contributed by atoms with E-state index < -0.39 is 0 Å². The molecule has 0 atom stereocenters. The zero-order valence-electron chi connectivity index (χ0n) is 12.6. The van der Waals surface area contributed by atoms with Crippen LogP contribution in [-0.4, -0.2) is 19.0 Å². The molecule has 2 aromatic rings. The van der Waals surface area contributed by atoms with Crippen molar-refractivity contribution >= 4 is 23.3 Å². The van der Waals surface area contributed by atoms with Gasteiger partial charge in [-0.15, -0.1) is 0 Å². The molecule has 22 heavy (non-hydrogen) atoms. The molecule has 0 fully saturated rings. The summed E-state index contributed by atoms with van der Waals surface area (Å²) in [5, 5.41) is 6.01. The van der Waals surface area contributed by atoms with Crippen molar-refractivity contribution in [1.82, 2.24) is 0 Å². The minimum atomic E-state index is -0.345. The first-order valence-electron chi connectivity index (χ1n) is 6.87. The molecule has 5 heteroatoms. The third-order valence-electron chi connectivity index (χ3n) is 3.05. The summed E-state index contributed by atoms with van der Waals surface area (Å²) in [4.78, 5) is 22.4. The Labute approximate surface area is 129 Å². The van der Waals surface area contributed by atoms with E-state index >= 15 is 0 Å². The summed E-state index contributed by atoms with van der Waals surface area (Å²) in [6.07, 6.45) is 0. The molecule has 5 nitrogen and oxygen atoms in total. The van der Waals surface area contributed by atoms with Crippen LogP contribution in [0.4, 0.5) is 11.4 Å². The quantitative estimate of drug-likeness (QED) is 0.833. The monoisotopic (exact) mass is 298 g/mol. The van der Waals surface area contributed by atoms with Gasteiger partial charge >= 0.3 is 5.97 Å². The van der Waals surface area contributed by atoms with Gasteiger partial charge in [-0.1, -0.05) is 18.2 Å². The van der Waals surface area contributed by atoms with E-state index in [1.807, 2.05) is 36.4 Å². The number of hydrogen-bond donors (Lipinski definition) is 2. The Balaban J connectivity index is 1.98. The molecule has 2 N–H and O–H groups in total. The molecule has 1 amide bonds. The van der Waals surface area contributed by atoms with E-state index in [0.717, 1.165) is 16.9 Å². The van der Waals surface area contributed by atoms with Crippen molar-refractivity contribution in [3.8, 4) is 0 Å². The lowest BCUT2D eigenvalue weighted by Crippen LogP contribution is -2.06. The average Bonchev–Trinajstić information content (AvgIpc) is 2.52. The van der Waals surface area contributed by atoms with Gasteiger partial charge in [-0.2, -0.15) is 0 Å². The zero-order valence-corrected chi connectivity index (χ0v) is 12.6. The van der Waals surface area contributed by atoms with Gasteiger partial charge in [-0.3, -0.25) is 4.79 Å². The smallest absolute Gasteiger partial charge is 0.337 e. The van der Waals surface area contributed by atoms with E-state index in [0.29, 0.717) is 12.1 Å². The summed E-state index contributed by atoms with van der Waals surface area (Å²) in [7, 11) is 1.36. The summed E-state index contributed by atoms with van der Waals surface area (Å²) < 4.78 is 4.66. The first kappa shape index (κ1) is 15.6. The van der Waals surface area contributed by atoms with Crippen LogP contribution in [0.25, 0.3) is 0 Å². The van der Waals surface area contributed by atoms with Gasteiger partial charge in [-0.25, -0.2) is 4.79 Å². The third-order valence-corrected chi connectivity index (χ3v) is 3.05. The lowest BCUT2D eigenvalue weighted by molar-refractivity contribution is -0.114. The molecule has 0 aromatic heterocycles. The number of methoxy groups -OCH3 is 1. The largest absolute Gasteiger partial charge is 0.465 e. The number of ether oxygens (including phenoxy) is 1. The predicted molar refractivity (Wildman–Crippen MR) is 85.9 cm³/mol. The summed E-state index contributed by atoms with van der Waals surface area (Å²) in [6.45, 7) is 2.09. The second-order valence-electron chi connectivity index (χ2n) is 4.80. The van der Waals surface area contributed by atoms with Crippen LogP contribution in [0.15, 0.2) is 48.5 Å². The van der Waals surface area contributed by atoms with Crippen molar-refractivity contribution in [1.29, 1.82) is 0 Å². The molecule has 0 aliphatic heterocycles. The number of benzene rings is 2. The molecule has 114 valence electrons. The molecular weight excluding hydrogens is 280 g/mol. The fourth-order valence-electron chi connectivity index (χ4n) is 1.99. The number of nitrogens with one attached hydrogen (secondary N) is 2. The van der Waals surface area contributed by atoms with Crippen molar-refractivity contribution in [2.75, 3.05) is 17.7 Å². The molecule has 0 aliphatic rings. The van der Waals surface area contributed by atoms with Crippen LogP contribution in [-0.2, 0) is 16.1 Å². The van der Waals surface area contributed by atoms with Crippen LogP contribution in [0.3, 0.4) is 0 Å². The van der Waals surface area contributed by atoms with E-state index in [-0.39, 0.29) is 11.9 Å². The number of hydrogen-bond acceptors (Lipinski definition) is 4. The normalized spacial score (nSPS) is 9.91. The summed E-state index contributed by atoms with van der Waals surface area (Å²) in [6, 6.07) is 14.7. The molecule has 2 rings (SSSR count). The Morgan fingerprint density at radius 3 is 2.36 bits per heavy atom. The zero-order chi connectivity index (χ0) is 15.9. The fraction of sp³-hybridized carbons (Fsp3) is 0.176. The maximum Gasteiger partial charge on any atom is 0.337 e. The first-order valence-corrected chi connectivity index (χ1v) is 6.87. The van der Waals surface area contributed by atoms with Crippen molar-refractivity contribution < 1.29 is 14.3 Å². The van der Waals surface area contributed by atoms with E-state index in [4.69, 9.17) is 0 Å². The lowest BCUT2D eigenvalue weighted by atomic mass is 10.1. The minimum Gasteiger partial charge on any atom is -0.465 e. The Hall–Kier alpha value is -2.82.